The first-order valence-electron chi connectivity index (χ1n) is 5.82. The quantitative estimate of drug-likeness (QED) is 0.686. The van der Waals surface area contributed by atoms with Gasteiger partial charge in [0.2, 0.25) is 0 Å². The van der Waals surface area contributed by atoms with Crippen LogP contribution in [0.2, 0.25) is 0 Å². The highest BCUT2D eigenvalue weighted by Crippen LogP contribution is 2.46. The average Bonchev–Trinajstić information content (AvgIpc) is 1.99. The van der Waals surface area contributed by atoms with Gasteiger partial charge in [0.05, 0.1) is 5.60 Å². The summed E-state index contributed by atoms with van der Waals surface area (Å²) >= 11 is 0. The van der Waals surface area contributed by atoms with Gasteiger partial charge < -0.3 is 5.11 Å². The molecule has 1 rings (SSSR count). The van der Waals surface area contributed by atoms with Gasteiger partial charge in [-0.25, -0.2) is 0 Å². The number of aliphatic hydroxyl groups is 1. The Morgan fingerprint density at radius 1 is 1.33 bits per heavy atom. The first-order chi connectivity index (χ1) is 6.76. The number of hydrogen-bond donors (Lipinski definition) is 1. The number of allylic oxidation sites excluding steroid dienone is 2. The molecular weight excluding hydrogens is 184 g/mol. The summed E-state index contributed by atoms with van der Waals surface area (Å²) < 4.78 is 0. The lowest BCUT2D eigenvalue weighted by molar-refractivity contribution is -0.0661. The fourth-order valence-electron chi connectivity index (χ4n) is 2.78. The molecule has 1 N–H and O–H groups in total. The van der Waals surface area contributed by atoms with Gasteiger partial charge >= 0.3 is 0 Å². The van der Waals surface area contributed by atoms with Crippen LogP contribution in [0.15, 0.2) is 24.3 Å². The van der Waals surface area contributed by atoms with Crippen molar-refractivity contribution in [2.24, 2.45) is 11.3 Å². The van der Waals surface area contributed by atoms with E-state index in [0.717, 1.165) is 18.4 Å². The highest BCUT2D eigenvalue weighted by molar-refractivity contribution is 5.16. The highest BCUT2D eigenvalue weighted by atomic mass is 16.3. The first-order valence-corrected chi connectivity index (χ1v) is 5.82. The van der Waals surface area contributed by atoms with Crippen molar-refractivity contribution in [1.29, 1.82) is 0 Å². The molecule has 0 aromatic carbocycles. The van der Waals surface area contributed by atoms with E-state index in [4.69, 9.17) is 0 Å². The molecule has 0 aromatic rings. The van der Waals surface area contributed by atoms with Gasteiger partial charge in [0.1, 0.15) is 0 Å². The standard InChI is InChI=1S/C14H24O/c1-11(2)7-8-12-13(3,4)9-6-10-14(12,5)15/h7-8,12,15H,1,6,9-10H2,2-5H3/b8-7+. The second-order valence-electron chi connectivity index (χ2n) is 5.88. The maximum Gasteiger partial charge on any atom is 0.0687 e. The average molecular weight is 208 g/mol. The summed E-state index contributed by atoms with van der Waals surface area (Å²) in [5.74, 6) is 0.232. The van der Waals surface area contributed by atoms with Gasteiger partial charge in [-0.05, 0) is 32.1 Å². The summed E-state index contributed by atoms with van der Waals surface area (Å²) in [4.78, 5) is 0. The van der Waals surface area contributed by atoms with Crippen LogP contribution in [0, 0.1) is 11.3 Å². The van der Waals surface area contributed by atoms with E-state index in [1.807, 2.05) is 19.9 Å². The molecule has 1 aliphatic rings. The third-order valence-electron chi connectivity index (χ3n) is 3.59. The maximum atomic E-state index is 10.4. The largest absolute Gasteiger partial charge is 0.390 e. The van der Waals surface area contributed by atoms with Crippen LogP contribution >= 0.6 is 0 Å². The van der Waals surface area contributed by atoms with E-state index >= 15 is 0 Å². The zero-order valence-corrected chi connectivity index (χ0v) is 10.5. The molecule has 0 heterocycles. The van der Waals surface area contributed by atoms with Gasteiger partial charge in [0, 0.05) is 5.92 Å². The summed E-state index contributed by atoms with van der Waals surface area (Å²) in [5.41, 5.74) is 0.675. The Balaban J connectivity index is 2.91. The Morgan fingerprint density at radius 2 is 1.93 bits per heavy atom. The zero-order chi connectivity index (χ0) is 11.7. The van der Waals surface area contributed by atoms with Crippen molar-refractivity contribution in [3.05, 3.63) is 24.3 Å². The minimum atomic E-state index is -0.562. The van der Waals surface area contributed by atoms with Gasteiger partial charge in [0.15, 0.2) is 0 Å². The third-order valence-corrected chi connectivity index (χ3v) is 3.59. The van der Waals surface area contributed by atoms with Crippen LogP contribution in [-0.4, -0.2) is 10.7 Å². The molecule has 0 aliphatic heterocycles. The summed E-state index contributed by atoms with van der Waals surface area (Å²) in [6.07, 6.45) is 7.39. The molecule has 1 heteroatoms. The number of hydrogen-bond acceptors (Lipinski definition) is 1. The van der Waals surface area contributed by atoms with Gasteiger partial charge in [0.25, 0.3) is 0 Å². The Morgan fingerprint density at radius 3 is 2.40 bits per heavy atom. The normalized spacial score (nSPS) is 35.7. The van der Waals surface area contributed by atoms with E-state index in [9.17, 15) is 5.11 Å². The van der Waals surface area contributed by atoms with Crippen LogP contribution < -0.4 is 0 Å². The predicted octanol–water partition coefficient (Wildman–Crippen LogP) is 3.70. The fraction of sp³-hybridized carbons (Fsp3) is 0.714. The van der Waals surface area contributed by atoms with Crippen molar-refractivity contribution in [1.82, 2.24) is 0 Å². The second-order valence-corrected chi connectivity index (χ2v) is 5.88. The van der Waals surface area contributed by atoms with E-state index in [0.29, 0.717) is 0 Å². The molecule has 2 unspecified atom stereocenters. The molecular formula is C14H24O. The molecule has 2 atom stereocenters. The molecule has 0 bridgehead atoms. The topological polar surface area (TPSA) is 20.2 Å². The molecule has 1 nitrogen and oxygen atoms in total. The molecule has 1 fully saturated rings. The second kappa shape index (κ2) is 4.13. The smallest absolute Gasteiger partial charge is 0.0687 e. The van der Waals surface area contributed by atoms with Crippen LogP contribution in [0.3, 0.4) is 0 Å². The fourth-order valence-corrected chi connectivity index (χ4v) is 2.78. The van der Waals surface area contributed by atoms with Crippen molar-refractivity contribution < 1.29 is 5.11 Å². The molecule has 15 heavy (non-hydrogen) atoms. The van der Waals surface area contributed by atoms with Crippen LogP contribution in [0.5, 0.6) is 0 Å². The minimum Gasteiger partial charge on any atom is -0.390 e. The SMILES string of the molecule is C=C(C)/C=C/C1C(C)(C)CCCC1(C)O. The van der Waals surface area contributed by atoms with Crippen molar-refractivity contribution in [3.8, 4) is 0 Å². The highest BCUT2D eigenvalue weighted by Gasteiger charge is 2.43. The van der Waals surface area contributed by atoms with Crippen molar-refractivity contribution >= 4 is 0 Å². The van der Waals surface area contributed by atoms with E-state index < -0.39 is 5.60 Å². The molecule has 86 valence electrons. The molecule has 0 radical (unpaired) electrons. The van der Waals surface area contributed by atoms with Crippen molar-refractivity contribution in [2.75, 3.05) is 0 Å². The van der Waals surface area contributed by atoms with Crippen LogP contribution in [0.25, 0.3) is 0 Å². The Kier molecular flexibility index (Phi) is 3.44. The van der Waals surface area contributed by atoms with Gasteiger partial charge in [-0.3, -0.25) is 0 Å². The third kappa shape index (κ3) is 2.94. The maximum absolute atomic E-state index is 10.4. The summed E-state index contributed by atoms with van der Waals surface area (Å²) in [7, 11) is 0. The van der Waals surface area contributed by atoms with E-state index in [1.165, 1.54) is 6.42 Å². The minimum absolute atomic E-state index is 0.188. The Hall–Kier alpha value is -0.560. The van der Waals surface area contributed by atoms with Gasteiger partial charge in [-0.2, -0.15) is 0 Å². The molecule has 0 amide bonds. The summed E-state index contributed by atoms with van der Waals surface area (Å²) in [6, 6.07) is 0. The van der Waals surface area contributed by atoms with Crippen molar-refractivity contribution in [2.45, 2.75) is 52.6 Å². The first kappa shape index (κ1) is 12.5. The van der Waals surface area contributed by atoms with E-state index in [2.05, 4.69) is 26.5 Å². The van der Waals surface area contributed by atoms with Crippen LogP contribution in [0.1, 0.15) is 47.0 Å². The molecule has 0 saturated heterocycles. The lowest BCUT2D eigenvalue weighted by Gasteiger charge is -2.46. The summed E-state index contributed by atoms with van der Waals surface area (Å²) in [6.45, 7) is 12.3. The van der Waals surface area contributed by atoms with Crippen LogP contribution in [0.4, 0.5) is 0 Å². The van der Waals surface area contributed by atoms with E-state index in [-0.39, 0.29) is 11.3 Å². The lowest BCUT2D eigenvalue weighted by Crippen LogP contribution is -2.45. The van der Waals surface area contributed by atoms with Gasteiger partial charge in [-0.15, -0.1) is 0 Å². The monoisotopic (exact) mass is 208 g/mol. The summed E-state index contributed by atoms with van der Waals surface area (Å²) in [5, 5.41) is 10.4. The Labute approximate surface area is 93.9 Å². The molecule has 0 aromatic heterocycles. The Bertz CT molecular complexity index is 255. The lowest BCUT2D eigenvalue weighted by atomic mass is 9.62. The van der Waals surface area contributed by atoms with Gasteiger partial charge in [-0.1, -0.05) is 44.6 Å². The number of rotatable bonds is 2. The molecule has 1 aliphatic carbocycles. The van der Waals surface area contributed by atoms with Crippen LogP contribution in [-0.2, 0) is 0 Å². The zero-order valence-electron chi connectivity index (χ0n) is 10.5. The molecule has 0 spiro atoms. The molecule has 1 saturated carbocycles. The van der Waals surface area contributed by atoms with E-state index in [1.54, 1.807) is 0 Å². The predicted molar refractivity (Wildman–Crippen MR) is 65.7 cm³/mol. The van der Waals surface area contributed by atoms with Crippen molar-refractivity contribution in [3.63, 3.8) is 0 Å².